The highest BCUT2D eigenvalue weighted by atomic mass is 16.5. The van der Waals surface area contributed by atoms with Gasteiger partial charge in [0.25, 0.3) is 0 Å². The van der Waals surface area contributed by atoms with E-state index in [9.17, 15) is 0 Å². The number of rotatable bonds is 3. The maximum absolute atomic E-state index is 9.09. The second-order valence-electron chi connectivity index (χ2n) is 3.99. The van der Waals surface area contributed by atoms with Gasteiger partial charge in [0.05, 0.1) is 7.11 Å². The van der Waals surface area contributed by atoms with Gasteiger partial charge in [-0.2, -0.15) is 0 Å². The molecule has 1 heterocycles. The highest BCUT2D eigenvalue weighted by Crippen LogP contribution is 2.32. The van der Waals surface area contributed by atoms with Crippen LogP contribution in [0.4, 0.5) is 0 Å². The molecule has 1 aliphatic heterocycles. The van der Waals surface area contributed by atoms with Crippen LogP contribution in [0.5, 0.6) is 5.75 Å². The number of ether oxygens (including phenoxy) is 1. The maximum Gasteiger partial charge on any atom is 0.123 e. The zero-order valence-corrected chi connectivity index (χ0v) is 8.94. The van der Waals surface area contributed by atoms with E-state index in [1.807, 2.05) is 18.2 Å². The van der Waals surface area contributed by atoms with Gasteiger partial charge in [-0.05, 0) is 18.4 Å². The molecule has 1 aromatic carbocycles. The Labute approximate surface area is 90.1 Å². The molecule has 0 radical (unpaired) electrons. The van der Waals surface area contributed by atoms with Gasteiger partial charge < -0.3 is 15.2 Å². The highest BCUT2D eigenvalue weighted by molar-refractivity contribution is 5.36. The predicted molar refractivity (Wildman–Crippen MR) is 58.9 cm³/mol. The largest absolute Gasteiger partial charge is 0.496 e. The number of hydrogen-bond donors (Lipinski definition) is 2. The fourth-order valence-corrected chi connectivity index (χ4v) is 2.14. The Bertz CT molecular complexity index is 327. The van der Waals surface area contributed by atoms with Gasteiger partial charge in [0, 0.05) is 24.8 Å². The first-order valence-electron chi connectivity index (χ1n) is 5.32. The average Bonchev–Trinajstić information content (AvgIpc) is 2.77. The van der Waals surface area contributed by atoms with E-state index in [0.717, 1.165) is 18.7 Å². The molecule has 0 saturated carbocycles. The Hall–Kier alpha value is -1.06. The minimum atomic E-state index is 0.263. The number of hydrogen-bond acceptors (Lipinski definition) is 3. The molecule has 2 rings (SSSR count). The van der Waals surface area contributed by atoms with E-state index >= 15 is 0 Å². The summed E-state index contributed by atoms with van der Waals surface area (Å²) in [6, 6.07) is 8.37. The van der Waals surface area contributed by atoms with Crippen molar-refractivity contribution in [3.05, 3.63) is 29.8 Å². The number of aliphatic hydroxyl groups excluding tert-OH is 1. The summed E-state index contributed by atoms with van der Waals surface area (Å²) in [6.45, 7) is 1.15. The number of para-hydroxylation sites is 1. The van der Waals surface area contributed by atoms with Gasteiger partial charge in [-0.1, -0.05) is 18.2 Å². The molecule has 0 bridgehead atoms. The lowest BCUT2D eigenvalue weighted by atomic mass is 10.00. The van der Waals surface area contributed by atoms with Crippen molar-refractivity contribution < 1.29 is 9.84 Å². The minimum Gasteiger partial charge on any atom is -0.496 e. The molecule has 1 saturated heterocycles. The van der Waals surface area contributed by atoms with Crippen LogP contribution in [0.15, 0.2) is 24.3 Å². The molecule has 0 unspecified atom stereocenters. The van der Waals surface area contributed by atoms with E-state index in [1.54, 1.807) is 7.11 Å². The topological polar surface area (TPSA) is 41.5 Å². The lowest BCUT2D eigenvalue weighted by Crippen LogP contribution is -2.15. The Morgan fingerprint density at radius 3 is 2.93 bits per heavy atom. The lowest BCUT2D eigenvalue weighted by molar-refractivity contribution is 0.235. The van der Waals surface area contributed by atoms with Gasteiger partial charge in [-0.15, -0.1) is 0 Å². The summed E-state index contributed by atoms with van der Waals surface area (Å²) >= 11 is 0. The third-order valence-electron chi connectivity index (χ3n) is 2.99. The van der Waals surface area contributed by atoms with Crippen LogP contribution in [0.2, 0.25) is 0 Å². The quantitative estimate of drug-likeness (QED) is 0.786. The summed E-state index contributed by atoms with van der Waals surface area (Å²) in [7, 11) is 1.69. The van der Waals surface area contributed by atoms with E-state index in [2.05, 4.69) is 11.4 Å². The molecule has 1 aromatic rings. The van der Waals surface area contributed by atoms with Crippen LogP contribution in [0.3, 0.4) is 0 Å². The summed E-state index contributed by atoms with van der Waals surface area (Å²) in [5.74, 6) is 1.30. The van der Waals surface area contributed by atoms with Crippen molar-refractivity contribution in [1.82, 2.24) is 5.32 Å². The van der Waals surface area contributed by atoms with Crippen LogP contribution in [0, 0.1) is 5.92 Å². The first kappa shape index (κ1) is 10.5. The van der Waals surface area contributed by atoms with Crippen molar-refractivity contribution in [2.75, 3.05) is 20.3 Å². The van der Waals surface area contributed by atoms with Crippen molar-refractivity contribution in [2.45, 2.75) is 12.5 Å². The summed E-state index contributed by atoms with van der Waals surface area (Å²) in [6.07, 6.45) is 0.983. The summed E-state index contributed by atoms with van der Waals surface area (Å²) in [5, 5.41) is 12.5. The summed E-state index contributed by atoms with van der Waals surface area (Å²) in [5.41, 5.74) is 1.19. The van der Waals surface area contributed by atoms with Crippen LogP contribution >= 0.6 is 0 Å². The zero-order valence-electron chi connectivity index (χ0n) is 8.94. The van der Waals surface area contributed by atoms with Gasteiger partial charge in [-0.25, -0.2) is 0 Å². The van der Waals surface area contributed by atoms with Crippen molar-refractivity contribution in [3.63, 3.8) is 0 Å². The second kappa shape index (κ2) is 4.64. The third-order valence-corrected chi connectivity index (χ3v) is 2.99. The average molecular weight is 207 g/mol. The molecular weight excluding hydrogens is 190 g/mol. The van der Waals surface area contributed by atoms with Crippen LogP contribution in [-0.4, -0.2) is 25.4 Å². The van der Waals surface area contributed by atoms with Gasteiger partial charge in [0.1, 0.15) is 5.75 Å². The van der Waals surface area contributed by atoms with Crippen molar-refractivity contribution >= 4 is 0 Å². The highest BCUT2D eigenvalue weighted by Gasteiger charge is 2.26. The maximum atomic E-state index is 9.09. The molecule has 15 heavy (non-hydrogen) atoms. The SMILES string of the molecule is COc1ccccc1[C@H]1C[C@H](CO)CN1. The fraction of sp³-hybridized carbons (Fsp3) is 0.500. The van der Waals surface area contributed by atoms with Crippen LogP contribution in [0.1, 0.15) is 18.0 Å². The van der Waals surface area contributed by atoms with E-state index in [0.29, 0.717) is 12.0 Å². The predicted octanol–water partition coefficient (Wildman–Crippen LogP) is 1.34. The van der Waals surface area contributed by atoms with Crippen LogP contribution in [-0.2, 0) is 0 Å². The van der Waals surface area contributed by atoms with Gasteiger partial charge in [0.15, 0.2) is 0 Å². The fourth-order valence-electron chi connectivity index (χ4n) is 2.14. The third kappa shape index (κ3) is 2.13. The Kier molecular flexibility index (Phi) is 3.23. The Balaban J connectivity index is 2.16. The number of nitrogens with one attached hydrogen (secondary N) is 1. The van der Waals surface area contributed by atoms with E-state index in [-0.39, 0.29) is 6.61 Å². The molecule has 1 fully saturated rings. The molecule has 2 atom stereocenters. The van der Waals surface area contributed by atoms with Gasteiger partial charge in [0.2, 0.25) is 0 Å². The molecular formula is C12H17NO2. The molecule has 0 spiro atoms. The van der Waals surface area contributed by atoms with Crippen molar-refractivity contribution in [3.8, 4) is 5.75 Å². The molecule has 3 heteroatoms. The number of aliphatic hydroxyl groups is 1. The molecule has 0 aromatic heterocycles. The molecule has 0 aliphatic carbocycles. The van der Waals surface area contributed by atoms with Crippen molar-refractivity contribution in [2.24, 2.45) is 5.92 Å². The van der Waals surface area contributed by atoms with E-state index in [4.69, 9.17) is 9.84 Å². The molecule has 1 aliphatic rings. The normalized spacial score (nSPS) is 25.5. The summed E-state index contributed by atoms with van der Waals surface area (Å²) < 4.78 is 5.32. The number of methoxy groups -OCH3 is 1. The van der Waals surface area contributed by atoms with Crippen molar-refractivity contribution in [1.29, 1.82) is 0 Å². The van der Waals surface area contributed by atoms with Gasteiger partial charge >= 0.3 is 0 Å². The molecule has 0 amide bonds. The zero-order chi connectivity index (χ0) is 10.7. The monoisotopic (exact) mass is 207 g/mol. The first-order chi connectivity index (χ1) is 7.35. The second-order valence-corrected chi connectivity index (χ2v) is 3.99. The van der Waals surface area contributed by atoms with Crippen LogP contribution in [0.25, 0.3) is 0 Å². The van der Waals surface area contributed by atoms with E-state index < -0.39 is 0 Å². The first-order valence-corrected chi connectivity index (χ1v) is 5.32. The molecule has 82 valence electrons. The van der Waals surface area contributed by atoms with Crippen LogP contribution < -0.4 is 10.1 Å². The van der Waals surface area contributed by atoms with Gasteiger partial charge in [-0.3, -0.25) is 0 Å². The minimum absolute atomic E-state index is 0.263. The smallest absolute Gasteiger partial charge is 0.123 e. The number of benzene rings is 1. The Morgan fingerprint density at radius 1 is 1.47 bits per heavy atom. The van der Waals surface area contributed by atoms with E-state index in [1.165, 1.54) is 5.56 Å². The Morgan fingerprint density at radius 2 is 2.27 bits per heavy atom. The molecule has 3 nitrogen and oxygen atoms in total. The summed E-state index contributed by atoms with van der Waals surface area (Å²) in [4.78, 5) is 0. The standard InChI is InChI=1S/C12H17NO2/c1-15-12-5-3-2-4-10(12)11-6-9(8-14)7-13-11/h2-5,9,11,13-14H,6-8H2,1H3/t9-,11+/m0/s1. The molecule has 2 N–H and O–H groups in total. The lowest BCUT2D eigenvalue weighted by Gasteiger charge is -2.14.